The summed E-state index contributed by atoms with van der Waals surface area (Å²) in [6, 6.07) is 19.7. The van der Waals surface area contributed by atoms with Crippen LogP contribution < -0.4 is 4.72 Å². The van der Waals surface area contributed by atoms with E-state index < -0.39 is 27.9 Å². The van der Waals surface area contributed by atoms with Crippen molar-refractivity contribution in [2.45, 2.75) is 17.9 Å². The maximum atomic E-state index is 13.0. The number of hydrogen-bond acceptors (Lipinski definition) is 4. The minimum absolute atomic E-state index is 0.0985. The number of ether oxygens (including phenoxy) is 1. The highest BCUT2D eigenvalue weighted by atomic mass is 32.2. The van der Waals surface area contributed by atoms with Gasteiger partial charge in [0.2, 0.25) is 0 Å². The topological polar surface area (TPSA) is 72.5 Å². The summed E-state index contributed by atoms with van der Waals surface area (Å²) in [4.78, 5) is 12.3. The Morgan fingerprint density at radius 2 is 1.64 bits per heavy atom. The van der Waals surface area contributed by atoms with E-state index >= 15 is 0 Å². The van der Waals surface area contributed by atoms with Crippen LogP contribution in [0.4, 0.5) is 10.1 Å². The zero-order valence-electron chi connectivity index (χ0n) is 15.0. The predicted octanol–water partition coefficient (Wildman–Crippen LogP) is 4.54. The van der Waals surface area contributed by atoms with Crippen LogP contribution in [0, 0.1) is 5.82 Å². The summed E-state index contributed by atoms with van der Waals surface area (Å²) in [6.07, 6.45) is -0.480. The molecule has 1 atom stereocenters. The number of rotatable bonds is 6. The van der Waals surface area contributed by atoms with Gasteiger partial charge < -0.3 is 4.74 Å². The minimum Gasteiger partial charge on any atom is -0.454 e. The van der Waals surface area contributed by atoms with Crippen LogP contribution in [0.5, 0.6) is 0 Å². The number of carbonyl (C=O) groups excluding carboxylic acids is 1. The molecule has 28 heavy (non-hydrogen) atoms. The third-order valence-corrected chi connectivity index (χ3v) is 5.41. The van der Waals surface area contributed by atoms with Crippen LogP contribution in [0.2, 0.25) is 0 Å². The molecule has 0 saturated carbocycles. The molecule has 144 valence electrons. The van der Waals surface area contributed by atoms with Gasteiger partial charge in [-0.15, -0.1) is 0 Å². The van der Waals surface area contributed by atoms with Gasteiger partial charge in [-0.05, 0) is 55.0 Å². The van der Waals surface area contributed by atoms with Crippen LogP contribution in [0.15, 0.2) is 83.8 Å². The van der Waals surface area contributed by atoms with Crippen molar-refractivity contribution < 1.29 is 22.3 Å². The van der Waals surface area contributed by atoms with Crippen molar-refractivity contribution in [2.75, 3.05) is 4.72 Å². The standard InChI is InChI=1S/C21H18FNO4S/c1-15(16-6-3-2-4-7-16)27-21(24)17-8-5-9-20(14-17)28(25,26)23-19-12-10-18(22)11-13-19/h2-15,23H,1H3/t15-/m0/s1. The molecule has 7 heteroatoms. The Kier molecular flexibility index (Phi) is 5.75. The lowest BCUT2D eigenvalue weighted by molar-refractivity contribution is 0.0337. The van der Waals surface area contributed by atoms with Gasteiger partial charge in [-0.3, -0.25) is 4.72 Å². The molecule has 0 aliphatic carbocycles. The zero-order valence-corrected chi connectivity index (χ0v) is 15.8. The largest absolute Gasteiger partial charge is 0.454 e. The molecule has 0 bridgehead atoms. The summed E-state index contributed by atoms with van der Waals surface area (Å²) in [7, 11) is -3.94. The van der Waals surface area contributed by atoms with Gasteiger partial charge in [0.25, 0.3) is 10.0 Å². The fourth-order valence-corrected chi connectivity index (χ4v) is 3.65. The Hall–Kier alpha value is -3.19. The molecule has 0 aliphatic heterocycles. The Morgan fingerprint density at radius 3 is 2.32 bits per heavy atom. The molecule has 3 aromatic carbocycles. The zero-order chi connectivity index (χ0) is 20.1. The molecule has 0 aromatic heterocycles. The highest BCUT2D eigenvalue weighted by Crippen LogP contribution is 2.21. The number of carbonyl (C=O) groups is 1. The molecule has 0 spiro atoms. The summed E-state index contributed by atoms with van der Waals surface area (Å²) in [5, 5.41) is 0. The number of benzene rings is 3. The first-order chi connectivity index (χ1) is 13.3. The lowest BCUT2D eigenvalue weighted by Crippen LogP contribution is -2.14. The molecule has 0 fully saturated rings. The second-order valence-electron chi connectivity index (χ2n) is 6.10. The van der Waals surface area contributed by atoms with E-state index in [-0.39, 0.29) is 16.1 Å². The molecule has 0 radical (unpaired) electrons. The molecular weight excluding hydrogens is 381 g/mol. The average molecular weight is 399 g/mol. The lowest BCUT2D eigenvalue weighted by Gasteiger charge is -2.14. The molecule has 5 nitrogen and oxygen atoms in total. The summed E-state index contributed by atoms with van der Waals surface area (Å²) in [5.41, 5.74) is 1.16. The van der Waals surface area contributed by atoms with Crippen LogP contribution in [0.1, 0.15) is 28.9 Å². The first-order valence-electron chi connectivity index (χ1n) is 8.49. The highest BCUT2D eigenvalue weighted by Gasteiger charge is 2.19. The number of nitrogens with one attached hydrogen (secondary N) is 1. The smallest absolute Gasteiger partial charge is 0.338 e. The second kappa shape index (κ2) is 8.22. The first kappa shape index (κ1) is 19.6. The van der Waals surface area contributed by atoms with E-state index in [0.717, 1.165) is 17.7 Å². The average Bonchev–Trinajstić information content (AvgIpc) is 2.70. The molecule has 0 saturated heterocycles. The van der Waals surface area contributed by atoms with Gasteiger partial charge in [0, 0.05) is 5.69 Å². The lowest BCUT2D eigenvalue weighted by atomic mass is 10.1. The van der Waals surface area contributed by atoms with Crippen molar-refractivity contribution in [3.63, 3.8) is 0 Å². The van der Waals surface area contributed by atoms with Gasteiger partial charge in [-0.1, -0.05) is 36.4 Å². The number of esters is 1. The van der Waals surface area contributed by atoms with E-state index in [4.69, 9.17) is 4.74 Å². The fourth-order valence-electron chi connectivity index (χ4n) is 2.54. The van der Waals surface area contributed by atoms with E-state index in [1.807, 2.05) is 30.3 Å². The Morgan fingerprint density at radius 1 is 0.964 bits per heavy atom. The van der Waals surface area contributed by atoms with Crippen LogP contribution >= 0.6 is 0 Å². The maximum absolute atomic E-state index is 13.0. The quantitative estimate of drug-likeness (QED) is 0.618. The first-order valence-corrected chi connectivity index (χ1v) is 9.98. The van der Waals surface area contributed by atoms with Gasteiger partial charge in [0.05, 0.1) is 10.5 Å². The van der Waals surface area contributed by atoms with Crippen LogP contribution in [0.25, 0.3) is 0 Å². The van der Waals surface area contributed by atoms with E-state index in [1.165, 1.54) is 36.4 Å². The van der Waals surface area contributed by atoms with E-state index in [0.29, 0.717) is 0 Å². The molecule has 1 N–H and O–H groups in total. The monoisotopic (exact) mass is 399 g/mol. The Balaban J connectivity index is 1.77. The number of anilines is 1. The summed E-state index contributed by atoms with van der Waals surface area (Å²) in [5.74, 6) is -1.10. The second-order valence-corrected chi connectivity index (χ2v) is 7.78. The molecule has 0 amide bonds. The van der Waals surface area contributed by atoms with Gasteiger partial charge in [0.1, 0.15) is 11.9 Å². The Labute approximate surface area is 162 Å². The van der Waals surface area contributed by atoms with Gasteiger partial charge in [-0.2, -0.15) is 0 Å². The molecule has 0 unspecified atom stereocenters. The van der Waals surface area contributed by atoms with Gasteiger partial charge in [-0.25, -0.2) is 17.6 Å². The highest BCUT2D eigenvalue weighted by molar-refractivity contribution is 7.92. The van der Waals surface area contributed by atoms with Crippen molar-refractivity contribution >= 4 is 21.7 Å². The number of halogens is 1. The summed E-state index contributed by atoms with van der Waals surface area (Å²) < 4.78 is 45.9. The van der Waals surface area contributed by atoms with Crippen molar-refractivity contribution in [2.24, 2.45) is 0 Å². The van der Waals surface area contributed by atoms with Crippen LogP contribution in [0.3, 0.4) is 0 Å². The van der Waals surface area contributed by atoms with Crippen molar-refractivity contribution in [3.05, 3.63) is 95.8 Å². The van der Waals surface area contributed by atoms with Crippen molar-refractivity contribution in [1.29, 1.82) is 0 Å². The molecular formula is C21H18FNO4S. The van der Waals surface area contributed by atoms with E-state index in [1.54, 1.807) is 6.92 Å². The molecule has 0 aliphatic rings. The van der Waals surface area contributed by atoms with Gasteiger partial charge >= 0.3 is 5.97 Å². The number of hydrogen-bond donors (Lipinski definition) is 1. The Bertz CT molecular complexity index is 1070. The van der Waals surface area contributed by atoms with Crippen molar-refractivity contribution in [1.82, 2.24) is 0 Å². The van der Waals surface area contributed by atoms with E-state index in [2.05, 4.69) is 4.72 Å². The SMILES string of the molecule is C[C@H](OC(=O)c1cccc(S(=O)(=O)Nc2ccc(F)cc2)c1)c1ccccc1. The summed E-state index contributed by atoms with van der Waals surface area (Å²) >= 11 is 0. The third-order valence-electron chi connectivity index (χ3n) is 4.03. The normalized spacial score (nSPS) is 12.2. The van der Waals surface area contributed by atoms with Crippen LogP contribution in [-0.2, 0) is 14.8 Å². The third kappa shape index (κ3) is 4.75. The fraction of sp³-hybridized carbons (Fsp3) is 0.0952. The molecule has 0 heterocycles. The van der Waals surface area contributed by atoms with Crippen molar-refractivity contribution in [3.8, 4) is 0 Å². The predicted molar refractivity (Wildman–Crippen MR) is 104 cm³/mol. The number of sulfonamides is 1. The van der Waals surface area contributed by atoms with E-state index in [9.17, 15) is 17.6 Å². The molecule has 3 aromatic rings. The molecule has 3 rings (SSSR count). The minimum atomic E-state index is -3.94. The van der Waals surface area contributed by atoms with Crippen LogP contribution in [-0.4, -0.2) is 14.4 Å². The van der Waals surface area contributed by atoms with Gasteiger partial charge in [0.15, 0.2) is 0 Å². The maximum Gasteiger partial charge on any atom is 0.338 e. The summed E-state index contributed by atoms with van der Waals surface area (Å²) in [6.45, 7) is 1.74.